The van der Waals surface area contributed by atoms with Gasteiger partial charge in [0.2, 0.25) is 11.8 Å². The number of methoxy groups -OCH3 is 1. The summed E-state index contributed by atoms with van der Waals surface area (Å²) in [6.45, 7) is -0.412. The van der Waals surface area contributed by atoms with Crippen molar-refractivity contribution in [3.8, 4) is 0 Å². The Morgan fingerprint density at radius 1 is 1.00 bits per heavy atom. The molecule has 0 bridgehead atoms. The van der Waals surface area contributed by atoms with Crippen LogP contribution in [0.5, 0.6) is 0 Å². The quantitative estimate of drug-likeness (QED) is 0.497. The highest BCUT2D eigenvalue weighted by Gasteiger charge is 2.51. The summed E-state index contributed by atoms with van der Waals surface area (Å²) < 4.78 is 4.90. The van der Waals surface area contributed by atoms with E-state index in [4.69, 9.17) is 4.74 Å². The molecule has 0 saturated carbocycles. The number of carbonyl (C=O) groups excluding carboxylic acids is 5. The molecule has 3 fully saturated rings. The Labute approximate surface area is 129 Å². The third-order valence-corrected chi connectivity index (χ3v) is 3.70. The number of nitrogens with one attached hydrogen (secondary N) is 3. The lowest BCUT2D eigenvalue weighted by Gasteiger charge is -2.30. The first-order valence-corrected chi connectivity index (χ1v) is 6.69. The Morgan fingerprint density at radius 2 is 1.61 bits per heavy atom. The van der Waals surface area contributed by atoms with Crippen molar-refractivity contribution in [3.05, 3.63) is 0 Å². The molecular formula is C11H14N6O6. The number of ether oxygens (including phenoxy) is 1. The summed E-state index contributed by atoms with van der Waals surface area (Å²) in [6.07, 6.45) is -1.92. The number of rotatable bonds is 4. The number of barbiturate groups is 1. The van der Waals surface area contributed by atoms with E-state index in [1.165, 1.54) is 12.0 Å². The number of hydrogen-bond acceptors (Lipinski definition) is 6. The van der Waals surface area contributed by atoms with Crippen molar-refractivity contribution in [1.82, 2.24) is 30.7 Å². The molecule has 2 atom stereocenters. The summed E-state index contributed by atoms with van der Waals surface area (Å²) in [7, 11) is 1.41. The molecule has 0 aromatic carbocycles. The maximum absolute atomic E-state index is 12.1. The second-order valence-electron chi connectivity index (χ2n) is 5.14. The molecule has 3 saturated heterocycles. The van der Waals surface area contributed by atoms with E-state index in [2.05, 4.69) is 10.6 Å². The summed E-state index contributed by atoms with van der Waals surface area (Å²) in [5, 5.41) is 7.14. The second-order valence-corrected chi connectivity index (χ2v) is 5.14. The Balaban J connectivity index is 1.75. The van der Waals surface area contributed by atoms with Gasteiger partial charge in [0.05, 0.1) is 0 Å². The van der Waals surface area contributed by atoms with Crippen molar-refractivity contribution in [3.63, 3.8) is 0 Å². The van der Waals surface area contributed by atoms with E-state index >= 15 is 0 Å². The first-order valence-electron chi connectivity index (χ1n) is 6.69. The molecule has 3 N–H and O–H groups in total. The van der Waals surface area contributed by atoms with Gasteiger partial charge in [-0.1, -0.05) is 0 Å². The molecule has 0 aliphatic carbocycles. The minimum Gasteiger partial charge on any atom is -0.364 e. The van der Waals surface area contributed by atoms with Crippen LogP contribution in [-0.2, 0) is 14.3 Å². The van der Waals surface area contributed by atoms with Gasteiger partial charge in [0, 0.05) is 7.11 Å². The normalized spacial score (nSPS) is 27.2. The summed E-state index contributed by atoms with van der Waals surface area (Å²) in [6, 6.07) is -1.91. The Bertz CT molecular complexity index is 588. The molecule has 3 rings (SSSR count). The van der Waals surface area contributed by atoms with Crippen LogP contribution >= 0.6 is 0 Å². The summed E-state index contributed by atoms with van der Waals surface area (Å²) in [5.41, 5.74) is 0. The molecule has 23 heavy (non-hydrogen) atoms. The Morgan fingerprint density at radius 3 is 2.22 bits per heavy atom. The average Bonchev–Trinajstić information content (AvgIpc) is 2.91. The van der Waals surface area contributed by atoms with Crippen LogP contribution in [0.1, 0.15) is 6.42 Å². The lowest BCUT2D eigenvalue weighted by molar-refractivity contribution is -0.137. The van der Waals surface area contributed by atoms with Crippen LogP contribution in [0.4, 0.5) is 14.4 Å². The first-order chi connectivity index (χ1) is 10.9. The van der Waals surface area contributed by atoms with Gasteiger partial charge in [0.15, 0.2) is 0 Å². The van der Waals surface area contributed by atoms with Crippen molar-refractivity contribution >= 4 is 29.9 Å². The third-order valence-electron chi connectivity index (χ3n) is 3.70. The molecule has 12 heteroatoms. The summed E-state index contributed by atoms with van der Waals surface area (Å²) in [5.74, 6) is -1.41. The van der Waals surface area contributed by atoms with E-state index in [0.717, 1.165) is 9.80 Å². The molecule has 0 spiro atoms. The first kappa shape index (κ1) is 15.0. The topological polar surface area (TPSA) is 140 Å². The van der Waals surface area contributed by atoms with Crippen molar-refractivity contribution in [2.24, 2.45) is 0 Å². The van der Waals surface area contributed by atoms with Crippen LogP contribution in [0.2, 0.25) is 0 Å². The Hall–Kier alpha value is -2.89. The predicted molar refractivity (Wildman–Crippen MR) is 70.1 cm³/mol. The second kappa shape index (κ2) is 5.39. The fourth-order valence-corrected chi connectivity index (χ4v) is 2.63. The molecular weight excluding hydrogens is 312 g/mol. The fraction of sp³-hybridized carbons (Fsp3) is 0.545. The number of fused-ring (bicyclic) bond motifs is 1. The van der Waals surface area contributed by atoms with Gasteiger partial charge in [-0.3, -0.25) is 24.7 Å². The molecule has 3 heterocycles. The van der Waals surface area contributed by atoms with Gasteiger partial charge in [-0.05, 0) is 0 Å². The molecule has 0 aromatic heterocycles. The SMILES string of the molecule is COCN1C(=O)NC2C1NC(=O)N2CN1C(=O)CC(=O)NC1=O. The van der Waals surface area contributed by atoms with E-state index in [9.17, 15) is 24.0 Å². The van der Waals surface area contributed by atoms with Crippen LogP contribution in [0.3, 0.4) is 0 Å². The molecule has 3 aliphatic heterocycles. The summed E-state index contributed by atoms with van der Waals surface area (Å²) >= 11 is 0. The molecule has 8 amide bonds. The highest BCUT2D eigenvalue weighted by molar-refractivity contribution is 6.14. The van der Waals surface area contributed by atoms with Crippen molar-refractivity contribution < 1.29 is 28.7 Å². The Kier molecular flexibility index (Phi) is 3.52. The maximum atomic E-state index is 12.1. The van der Waals surface area contributed by atoms with Crippen molar-refractivity contribution in [1.29, 1.82) is 0 Å². The van der Waals surface area contributed by atoms with Gasteiger partial charge in [-0.25, -0.2) is 19.3 Å². The number of amides is 8. The van der Waals surface area contributed by atoms with Crippen LogP contribution in [0, 0.1) is 0 Å². The molecule has 0 radical (unpaired) electrons. The van der Waals surface area contributed by atoms with Gasteiger partial charge < -0.3 is 15.4 Å². The minimum absolute atomic E-state index is 0.0290. The van der Waals surface area contributed by atoms with Crippen LogP contribution in [0.15, 0.2) is 0 Å². The standard InChI is InChI=1S/C11H14N6O6/c1-23-4-17-8-7(13-11(17)22)16(10(21)14-8)3-15-6(19)2-5(18)12-9(15)20/h7-8H,2-4H2,1H3,(H,13,22)(H,14,21)(H,12,18,20). The number of carbonyl (C=O) groups is 5. The highest BCUT2D eigenvalue weighted by Crippen LogP contribution is 2.22. The van der Waals surface area contributed by atoms with Gasteiger partial charge in [0.25, 0.3) is 0 Å². The van der Waals surface area contributed by atoms with E-state index in [1.807, 2.05) is 5.32 Å². The zero-order valence-corrected chi connectivity index (χ0v) is 12.1. The molecule has 12 nitrogen and oxygen atoms in total. The third kappa shape index (κ3) is 2.42. The highest BCUT2D eigenvalue weighted by atomic mass is 16.5. The van der Waals surface area contributed by atoms with Crippen molar-refractivity contribution in [2.75, 3.05) is 20.5 Å². The van der Waals surface area contributed by atoms with E-state index < -0.39 is 48.7 Å². The maximum Gasteiger partial charge on any atom is 0.332 e. The van der Waals surface area contributed by atoms with Crippen LogP contribution in [0.25, 0.3) is 0 Å². The number of hydrogen-bond donors (Lipinski definition) is 3. The number of urea groups is 3. The van der Waals surface area contributed by atoms with E-state index in [0.29, 0.717) is 0 Å². The van der Waals surface area contributed by atoms with Gasteiger partial charge in [-0.2, -0.15) is 0 Å². The number of imide groups is 2. The largest absolute Gasteiger partial charge is 0.364 e. The van der Waals surface area contributed by atoms with Crippen LogP contribution < -0.4 is 16.0 Å². The predicted octanol–water partition coefficient (Wildman–Crippen LogP) is -2.28. The fourth-order valence-electron chi connectivity index (χ4n) is 2.63. The zero-order valence-electron chi connectivity index (χ0n) is 12.1. The van der Waals surface area contributed by atoms with Gasteiger partial charge in [-0.15, -0.1) is 0 Å². The monoisotopic (exact) mass is 326 g/mol. The minimum atomic E-state index is -0.902. The van der Waals surface area contributed by atoms with E-state index in [-0.39, 0.29) is 13.4 Å². The molecule has 0 aromatic rings. The van der Waals surface area contributed by atoms with Gasteiger partial charge in [0.1, 0.15) is 32.2 Å². The lowest BCUT2D eigenvalue weighted by atomic mass is 10.3. The zero-order chi connectivity index (χ0) is 16.7. The summed E-state index contributed by atoms with van der Waals surface area (Å²) in [4.78, 5) is 61.7. The molecule has 2 unspecified atom stereocenters. The average molecular weight is 326 g/mol. The number of nitrogens with zero attached hydrogens (tertiary/aromatic N) is 3. The molecule has 3 aliphatic rings. The lowest BCUT2D eigenvalue weighted by Crippen LogP contribution is -2.58. The van der Waals surface area contributed by atoms with Crippen molar-refractivity contribution in [2.45, 2.75) is 18.8 Å². The van der Waals surface area contributed by atoms with Gasteiger partial charge >= 0.3 is 18.1 Å². The van der Waals surface area contributed by atoms with E-state index in [1.54, 1.807) is 0 Å². The smallest absolute Gasteiger partial charge is 0.332 e. The molecule has 124 valence electrons. The van der Waals surface area contributed by atoms with Crippen LogP contribution in [-0.4, -0.2) is 77.4 Å².